The Morgan fingerprint density at radius 3 is 2.82 bits per heavy atom. The van der Waals surface area contributed by atoms with E-state index in [0.29, 0.717) is 23.8 Å². The summed E-state index contributed by atoms with van der Waals surface area (Å²) in [6.45, 7) is 1.04. The number of benzene rings is 1. The summed E-state index contributed by atoms with van der Waals surface area (Å²) in [5.41, 5.74) is 1.39. The molecule has 4 rings (SSSR count). The minimum atomic E-state index is -0.233. The fraction of sp³-hybridized carbons (Fsp3) is 0.263. The lowest BCUT2D eigenvalue weighted by atomic mass is 9.97. The van der Waals surface area contributed by atoms with E-state index in [-0.39, 0.29) is 17.7 Å². The largest absolute Gasteiger partial charge is 0.338 e. The Morgan fingerprint density at radius 1 is 1.25 bits per heavy atom. The molecule has 0 bridgehead atoms. The van der Waals surface area contributed by atoms with Gasteiger partial charge in [-0.25, -0.2) is 9.67 Å². The zero-order chi connectivity index (χ0) is 19.5. The number of hydrogen-bond acceptors (Lipinski definition) is 5. The van der Waals surface area contributed by atoms with Gasteiger partial charge in [-0.3, -0.25) is 9.59 Å². The highest BCUT2D eigenvalue weighted by Gasteiger charge is 2.29. The predicted molar refractivity (Wildman–Crippen MR) is 111 cm³/mol. The first-order valence-corrected chi connectivity index (χ1v) is 10.6. The van der Waals surface area contributed by atoms with Crippen molar-refractivity contribution in [1.29, 1.82) is 0 Å². The average Bonchev–Trinajstić information content (AvgIpc) is 3.40. The van der Waals surface area contributed by atoms with Crippen LogP contribution in [0.3, 0.4) is 0 Å². The number of piperidine rings is 1. The van der Waals surface area contributed by atoms with Gasteiger partial charge in [0.1, 0.15) is 0 Å². The molecule has 28 heavy (non-hydrogen) atoms. The fourth-order valence-electron chi connectivity index (χ4n) is 3.22. The topological polar surface area (TPSA) is 80.1 Å². The lowest BCUT2D eigenvalue weighted by Crippen LogP contribution is -2.43. The Kier molecular flexibility index (Phi) is 5.54. The molecule has 9 heteroatoms. The number of rotatable bonds is 4. The monoisotopic (exact) mass is 459 g/mol. The van der Waals surface area contributed by atoms with Gasteiger partial charge in [-0.05, 0) is 37.1 Å². The van der Waals surface area contributed by atoms with Crippen molar-refractivity contribution in [1.82, 2.24) is 19.7 Å². The molecule has 1 aromatic carbocycles. The Morgan fingerprint density at radius 2 is 2.07 bits per heavy atom. The quantitative estimate of drug-likeness (QED) is 0.646. The summed E-state index contributed by atoms with van der Waals surface area (Å²) in [6.07, 6.45) is 6.51. The highest BCUT2D eigenvalue weighted by molar-refractivity contribution is 9.10. The van der Waals surface area contributed by atoms with Crippen LogP contribution >= 0.6 is 27.3 Å². The molecule has 3 aromatic rings. The van der Waals surface area contributed by atoms with Crippen LogP contribution in [-0.2, 0) is 4.79 Å². The molecule has 1 atom stereocenters. The van der Waals surface area contributed by atoms with Gasteiger partial charge in [0.05, 0.1) is 23.4 Å². The van der Waals surface area contributed by atoms with Gasteiger partial charge >= 0.3 is 0 Å². The lowest BCUT2D eigenvalue weighted by Gasteiger charge is -2.31. The van der Waals surface area contributed by atoms with Gasteiger partial charge < -0.3 is 10.2 Å². The molecule has 0 radical (unpaired) electrons. The number of hydrogen-bond donors (Lipinski definition) is 1. The first-order valence-electron chi connectivity index (χ1n) is 8.90. The molecule has 1 unspecified atom stereocenters. The van der Waals surface area contributed by atoms with Crippen molar-refractivity contribution in [3.05, 3.63) is 58.3 Å². The minimum Gasteiger partial charge on any atom is -0.338 e. The van der Waals surface area contributed by atoms with Crippen molar-refractivity contribution < 1.29 is 9.59 Å². The molecule has 1 fully saturated rings. The molecular formula is C19H18BrN5O2S. The van der Waals surface area contributed by atoms with Gasteiger partial charge in [0.15, 0.2) is 5.13 Å². The molecule has 0 saturated carbocycles. The van der Waals surface area contributed by atoms with Crippen molar-refractivity contribution in [2.24, 2.45) is 5.92 Å². The number of likely N-dealkylation sites (tertiary alicyclic amines) is 1. The zero-order valence-corrected chi connectivity index (χ0v) is 17.3. The molecule has 7 nitrogen and oxygen atoms in total. The molecule has 1 aliphatic rings. The summed E-state index contributed by atoms with van der Waals surface area (Å²) in [4.78, 5) is 31.2. The molecule has 2 amide bonds. The third-order valence-electron chi connectivity index (χ3n) is 4.66. The van der Waals surface area contributed by atoms with Gasteiger partial charge in [-0.2, -0.15) is 5.10 Å². The summed E-state index contributed by atoms with van der Waals surface area (Å²) >= 11 is 4.79. The van der Waals surface area contributed by atoms with Crippen LogP contribution in [0.25, 0.3) is 5.69 Å². The standard InChI is InChI=1S/C19H18BrN5O2S/c20-15-3-5-16(6-4-15)25-12-14(10-22-25)18(27)24-8-1-2-13(11-24)17(26)23-19-21-7-9-28-19/h3-7,9-10,12-13H,1-2,8,11H2,(H,21,23,26). The SMILES string of the molecule is O=C(Nc1nccs1)C1CCCN(C(=O)c2cnn(-c3ccc(Br)cc3)c2)C1. The number of anilines is 1. The van der Waals surface area contributed by atoms with Crippen LogP contribution in [0.1, 0.15) is 23.2 Å². The second-order valence-electron chi connectivity index (χ2n) is 6.57. The van der Waals surface area contributed by atoms with E-state index in [9.17, 15) is 9.59 Å². The number of nitrogens with zero attached hydrogens (tertiary/aromatic N) is 4. The molecule has 144 valence electrons. The molecule has 0 aliphatic carbocycles. The van der Waals surface area contributed by atoms with Crippen molar-refractivity contribution >= 4 is 44.2 Å². The number of halogens is 1. The first kappa shape index (κ1) is 18.8. The molecule has 1 saturated heterocycles. The summed E-state index contributed by atoms with van der Waals surface area (Å²) in [5, 5.41) is 9.54. The van der Waals surface area contributed by atoms with E-state index in [1.165, 1.54) is 11.3 Å². The normalized spacial score (nSPS) is 16.8. The van der Waals surface area contributed by atoms with E-state index in [1.54, 1.807) is 28.2 Å². The maximum absolute atomic E-state index is 12.9. The Labute approximate surface area is 174 Å². The van der Waals surface area contributed by atoms with Crippen LogP contribution in [0.2, 0.25) is 0 Å². The fourth-order valence-corrected chi connectivity index (χ4v) is 4.02. The van der Waals surface area contributed by atoms with Crippen molar-refractivity contribution in [2.75, 3.05) is 18.4 Å². The number of amides is 2. The third kappa shape index (κ3) is 4.15. The van der Waals surface area contributed by atoms with Gasteiger partial charge in [0.2, 0.25) is 5.91 Å². The average molecular weight is 460 g/mol. The number of carbonyl (C=O) groups excluding carboxylic acids is 2. The Balaban J connectivity index is 1.43. The summed E-state index contributed by atoms with van der Waals surface area (Å²) < 4.78 is 2.66. The lowest BCUT2D eigenvalue weighted by molar-refractivity contribution is -0.121. The smallest absolute Gasteiger partial charge is 0.257 e. The van der Waals surface area contributed by atoms with Crippen LogP contribution in [0.4, 0.5) is 5.13 Å². The minimum absolute atomic E-state index is 0.0852. The maximum Gasteiger partial charge on any atom is 0.257 e. The van der Waals surface area contributed by atoms with E-state index in [4.69, 9.17) is 0 Å². The van der Waals surface area contributed by atoms with E-state index in [2.05, 4.69) is 31.3 Å². The molecule has 1 aliphatic heterocycles. The third-order valence-corrected chi connectivity index (χ3v) is 5.88. The van der Waals surface area contributed by atoms with Crippen LogP contribution in [-0.4, -0.2) is 44.6 Å². The number of nitrogens with one attached hydrogen (secondary N) is 1. The van der Waals surface area contributed by atoms with Gasteiger partial charge in [-0.1, -0.05) is 15.9 Å². The summed E-state index contributed by atoms with van der Waals surface area (Å²) in [7, 11) is 0. The summed E-state index contributed by atoms with van der Waals surface area (Å²) in [5.74, 6) is -0.420. The first-order chi connectivity index (χ1) is 13.6. The summed E-state index contributed by atoms with van der Waals surface area (Å²) in [6, 6.07) is 7.69. The highest BCUT2D eigenvalue weighted by atomic mass is 79.9. The van der Waals surface area contributed by atoms with Crippen LogP contribution in [0.15, 0.2) is 52.7 Å². The van der Waals surface area contributed by atoms with Crippen LogP contribution < -0.4 is 5.32 Å². The van der Waals surface area contributed by atoms with E-state index in [0.717, 1.165) is 23.0 Å². The van der Waals surface area contributed by atoms with Gasteiger partial charge in [0.25, 0.3) is 5.91 Å². The van der Waals surface area contributed by atoms with E-state index in [1.807, 2.05) is 29.6 Å². The number of aromatic nitrogens is 3. The van der Waals surface area contributed by atoms with Crippen molar-refractivity contribution in [2.45, 2.75) is 12.8 Å². The Bertz CT molecular complexity index is 971. The van der Waals surface area contributed by atoms with Gasteiger partial charge in [0, 0.05) is 35.3 Å². The van der Waals surface area contributed by atoms with E-state index >= 15 is 0 Å². The van der Waals surface area contributed by atoms with Crippen molar-refractivity contribution in [3.63, 3.8) is 0 Å². The number of thiazole rings is 1. The number of carbonyl (C=O) groups is 2. The van der Waals surface area contributed by atoms with E-state index < -0.39 is 0 Å². The second kappa shape index (κ2) is 8.24. The Hall–Kier alpha value is -2.52. The molecule has 2 aromatic heterocycles. The molecule has 1 N–H and O–H groups in total. The molecule has 0 spiro atoms. The second-order valence-corrected chi connectivity index (χ2v) is 8.38. The van der Waals surface area contributed by atoms with Crippen LogP contribution in [0, 0.1) is 5.92 Å². The highest BCUT2D eigenvalue weighted by Crippen LogP contribution is 2.22. The van der Waals surface area contributed by atoms with Crippen LogP contribution in [0.5, 0.6) is 0 Å². The predicted octanol–water partition coefficient (Wildman–Crippen LogP) is 3.58. The molecule has 3 heterocycles. The van der Waals surface area contributed by atoms with Gasteiger partial charge in [-0.15, -0.1) is 11.3 Å². The zero-order valence-electron chi connectivity index (χ0n) is 14.9. The molecular weight excluding hydrogens is 442 g/mol. The maximum atomic E-state index is 12.9. The van der Waals surface area contributed by atoms with Crippen molar-refractivity contribution in [3.8, 4) is 5.69 Å².